The maximum absolute atomic E-state index is 6.79. The number of benzene rings is 4. The van der Waals surface area contributed by atoms with Crippen molar-refractivity contribution < 1.29 is 4.74 Å². The van der Waals surface area contributed by atoms with Crippen LogP contribution in [-0.4, -0.2) is 19.3 Å². The van der Waals surface area contributed by atoms with Crippen LogP contribution in [0, 0.1) is 13.8 Å². The second-order valence-electron chi connectivity index (χ2n) is 16.6. The van der Waals surface area contributed by atoms with E-state index in [1.807, 2.05) is 6.20 Å². The van der Waals surface area contributed by atoms with E-state index in [0.29, 0.717) is 5.92 Å². The van der Waals surface area contributed by atoms with Crippen LogP contribution in [-0.2, 0) is 17.3 Å². The van der Waals surface area contributed by atoms with Crippen molar-refractivity contribution in [1.82, 2.24) is 19.3 Å². The zero-order valence-electron chi connectivity index (χ0n) is 32.7. The molecule has 0 atom stereocenters. The molecule has 5 heteroatoms. The third-order valence-electron chi connectivity index (χ3n) is 10.4. The highest BCUT2D eigenvalue weighted by molar-refractivity contribution is 6.09. The first-order valence-corrected chi connectivity index (χ1v) is 18.7. The number of nitrogens with zero attached hydrogens (tertiary/aromatic N) is 4. The molecule has 0 fully saturated rings. The summed E-state index contributed by atoms with van der Waals surface area (Å²) in [6.07, 6.45) is 2.86. The lowest BCUT2D eigenvalue weighted by molar-refractivity contribution is 0.481. The largest absolute Gasteiger partial charge is 0.457 e. The summed E-state index contributed by atoms with van der Waals surface area (Å²) < 4.78 is 11.2. The Labute approximate surface area is 309 Å². The second kappa shape index (κ2) is 13.1. The van der Waals surface area contributed by atoms with Gasteiger partial charge in [-0.05, 0) is 107 Å². The van der Waals surface area contributed by atoms with Gasteiger partial charge in [-0.3, -0.25) is 4.57 Å². The lowest BCUT2D eigenvalue weighted by atomic mass is 9.74. The number of rotatable bonds is 7. The van der Waals surface area contributed by atoms with E-state index >= 15 is 0 Å². The summed E-state index contributed by atoms with van der Waals surface area (Å²) in [5.41, 5.74) is 12.9. The average Bonchev–Trinajstić information content (AvgIpc) is 3.59. The van der Waals surface area contributed by atoms with Crippen molar-refractivity contribution in [3.8, 4) is 34.1 Å². The molecule has 266 valence electrons. The van der Waals surface area contributed by atoms with E-state index in [4.69, 9.17) is 14.8 Å². The van der Waals surface area contributed by atoms with Gasteiger partial charge in [-0.25, -0.2) is 9.67 Å². The van der Waals surface area contributed by atoms with Crippen LogP contribution in [0.15, 0.2) is 97.2 Å². The minimum atomic E-state index is -0.0299. The molecule has 3 heterocycles. The Kier molecular flexibility index (Phi) is 8.89. The number of ether oxygens (including phenoxy) is 1. The third kappa shape index (κ3) is 6.31. The van der Waals surface area contributed by atoms with Gasteiger partial charge in [0.25, 0.3) is 0 Å². The van der Waals surface area contributed by atoms with Gasteiger partial charge in [-0.1, -0.05) is 98.7 Å². The number of aromatic nitrogens is 4. The molecule has 3 aromatic heterocycles. The molecule has 4 aromatic carbocycles. The summed E-state index contributed by atoms with van der Waals surface area (Å²) in [5, 5.41) is 7.59. The standard InChI is InChI=1S/C47H52N4O/c1-12-32-22-23-48-43(24-32)50-41-19-14-13-16-37(41)38-21-20-35(28-42(38)50)52-36-26-33(29(2)3)25-34(27-36)51-31(5)44(30(4)49-51)45-39(46(6,7)8)17-15-18-40(45)47(9,10)11/h13-29H,12H2,1-11H3. The van der Waals surface area contributed by atoms with Crippen molar-refractivity contribution >= 4 is 21.8 Å². The molecule has 0 unspecified atom stereocenters. The van der Waals surface area contributed by atoms with Crippen LogP contribution in [0.3, 0.4) is 0 Å². The number of para-hydroxylation sites is 1. The van der Waals surface area contributed by atoms with Crippen molar-refractivity contribution in [2.45, 2.75) is 99.3 Å². The van der Waals surface area contributed by atoms with Crippen LogP contribution in [0.5, 0.6) is 11.5 Å². The Balaban J connectivity index is 1.36. The van der Waals surface area contributed by atoms with E-state index in [9.17, 15) is 0 Å². The van der Waals surface area contributed by atoms with E-state index in [1.165, 1.54) is 44.2 Å². The number of aryl methyl sites for hydroxylation is 2. The average molecular weight is 689 g/mol. The molecular formula is C47H52N4O. The lowest BCUT2D eigenvalue weighted by Crippen LogP contribution is -2.19. The summed E-state index contributed by atoms with van der Waals surface area (Å²) in [4.78, 5) is 4.81. The van der Waals surface area contributed by atoms with Crippen LogP contribution in [0.4, 0.5) is 0 Å². The van der Waals surface area contributed by atoms with Crippen LogP contribution in [0.2, 0.25) is 0 Å². The highest BCUT2D eigenvalue weighted by atomic mass is 16.5. The van der Waals surface area contributed by atoms with Gasteiger partial charge >= 0.3 is 0 Å². The zero-order valence-corrected chi connectivity index (χ0v) is 32.7. The van der Waals surface area contributed by atoms with Crippen molar-refractivity contribution in [3.05, 3.63) is 131 Å². The van der Waals surface area contributed by atoms with Gasteiger partial charge in [0.15, 0.2) is 0 Å². The van der Waals surface area contributed by atoms with Crippen molar-refractivity contribution in [2.75, 3.05) is 0 Å². The van der Waals surface area contributed by atoms with Gasteiger partial charge < -0.3 is 4.74 Å². The van der Waals surface area contributed by atoms with Gasteiger partial charge in [0.2, 0.25) is 0 Å². The highest BCUT2D eigenvalue weighted by Gasteiger charge is 2.29. The molecule has 52 heavy (non-hydrogen) atoms. The van der Waals surface area contributed by atoms with Gasteiger partial charge in [0.05, 0.1) is 22.4 Å². The fraction of sp³-hybridized carbons (Fsp3) is 0.319. The summed E-state index contributed by atoms with van der Waals surface area (Å²) in [7, 11) is 0. The highest BCUT2D eigenvalue weighted by Crippen LogP contribution is 2.44. The molecule has 0 aliphatic rings. The molecule has 7 aromatic rings. The quantitative estimate of drug-likeness (QED) is 0.167. The van der Waals surface area contributed by atoms with Crippen molar-refractivity contribution in [1.29, 1.82) is 0 Å². The SMILES string of the molecule is CCc1ccnc(-n2c3ccccc3c3ccc(Oc4cc(C(C)C)cc(-n5nc(C)c(-c6c(C(C)(C)C)cccc6C(C)(C)C)c5C)c4)cc32)c1. The molecule has 0 radical (unpaired) electrons. The molecule has 0 aliphatic heterocycles. The van der Waals surface area contributed by atoms with Crippen LogP contribution in [0.1, 0.15) is 102 Å². The monoisotopic (exact) mass is 688 g/mol. The topological polar surface area (TPSA) is 44.9 Å². The number of pyridine rings is 1. The van der Waals surface area contributed by atoms with E-state index in [0.717, 1.165) is 51.8 Å². The van der Waals surface area contributed by atoms with E-state index in [-0.39, 0.29) is 10.8 Å². The number of hydrogen-bond donors (Lipinski definition) is 0. The second-order valence-corrected chi connectivity index (χ2v) is 16.6. The Hall–Kier alpha value is -5.16. The Morgan fingerprint density at radius 1 is 0.692 bits per heavy atom. The Morgan fingerprint density at radius 3 is 2.06 bits per heavy atom. The van der Waals surface area contributed by atoms with Gasteiger partial charge in [0, 0.05) is 40.4 Å². The number of hydrogen-bond acceptors (Lipinski definition) is 3. The summed E-state index contributed by atoms with van der Waals surface area (Å²) in [5.74, 6) is 2.77. The summed E-state index contributed by atoms with van der Waals surface area (Å²) >= 11 is 0. The van der Waals surface area contributed by atoms with Crippen LogP contribution >= 0.6 is 0 Å². The first-order valence-electron chi connectivity index (χ1n) is 18.7. The Bertz CT molecular complexity index is 2410. The molecule has 0 saturated carbocycles. The maximum atomic E-state index is 6.79. The first-order chi connectivity index (χ1) is 24.7. The van der Waals surface area contributed by atoms with Crippen molar-refractivity contribution in [2.24, 2.45) is 0 Å². The molecule has 0 spiro atoms. The molecule has 0 aliphatic carbocycles. The lowest BCUT2D eigenvalue weighted by Gasteiger charge is -2.30. The third-order valence-corrected chi connectivity index (χ3v) is 10.4. The molecular weight excluding hydrogens is 637 g/mol. The predicted molar refractivity (Wildman–Crippen MR) is 218 cm³/mol. The maximum Gasteiger partial charge on any atom is 0.137 e. The molecule has 0 saturated heterocycles. The smallest absolute Gasteiger partial charge is 0.137 e. The Morgan fingerprint density at radius 2 is 1.38 bits per heavy atom. The fourth-order valence-corrected chi connectivity index (χ4v) is 7.65. The molecule has 7 rings (SSSR count). The number of fused-ring (bicyclic) bond motifs is 3. The minimum absolute atomic E-state index is 0.0299. The fourth-order valence-electron chi connectivity index (χ4n) is 7.65. The molecule has 5 nitrogen and oxygen atoms in total. The molecule has 0 N–H and O–H groups in total. The van der Waals surface area contributed by atoms with E-state index in [2.05, 4.69) is 176 Å². The van der Waals surface area contributed by atoms with Crippen LogP contribution < -0.4 is 4.74 Å². The molecule has 0 amide bonds. The first kappa shape index (κ1) is 35.3. The van der Waals surface area contributed by atoms with Gasteiger partial charge in [-0.2, -0.15) is 5.10 Å². The summed E-state index contributed by atoms with van der Waals surface area (Å²) in [6, 6.07) is 32.6. The van der Waals surface area contributed by atoms with Crippen LogP contribution in [0.25, 0.3) is 44.4 Å². The van der Waals surface area contributed by atoms with E-state index in [1.54, 1.807) is 0 Å². The van der Waals surface area contributed by atoms with Gasteiger partial charge in [0.1, 0.15) is 17.3 Å². The van der Waals surface area contributed by atoms with E-state index < -0.39 is 0 Å². The molecule has 0 bridgehead atoms. The normalized spacial score (nSPS) is 12.4. The minimum Gasteiger partial charge on any atom is -0.457 e. The van der Waals surface area contributed by atoms with Gasteiger partial charge in [-0.15, -0.1) is 0 Å². The zero-order chi connectivity index (χ0) is 37.1. The van der Waals surface area contributed by atoms with Crippen molar-refractivity contribution in [3.63, 3.8) is 0 Å². The predicted octanol–water partition coefficient (Wildman–Crippen LogP) is 12.7. The summed E-state index contributed by atoms with van der Waals surface area (Å²) in [6.45, 7) is 24.8.